The number of alkyl halides is 3. The lowest BCUT2D eigenvalue weighted by molar-refractivity contribution is -0.137. The molecule has 0 aliphatic heterocycles. The van der Waals surface area contributed by atoms with Gasteiger partial charge in [-0.3, -0.25) is 4.98 Å². The molecule has 0 spiro atoms. The zero-order valence-electron chi connectivity index (χ0n) is 15.8. The first-order valence-corrected chi connectivity index (χ1v) is 10.3. The first-order chi connectivity index (χ1) is 14.7. The van der Waals surface area contributed by atoms with Crippen LogP contribution in [0.3, 0.4) is 0 Å². The van der Waals surface area contributed by atoms with Crippen LogP contribution in [0.5, 0.6) is 11.5 Å². The zero-order chi connectivity index (χ0) is 22.2. The predicted octanol–water partition coefficient (Wildman–Crippen LogP) is 3.51. The third-order valence-corrected chi connectivity index (χ3v) is 5.73. The first-order valence-electron chi connectivity index (χ1n) is 8.77. The summed E-state index contributed by atoms with van der Waals surface area (Å²) in [5.41, 5.74) is -0.162. The summed E-state index contributed by atoms with van der Waals surface area (Å²) in [4.78, 5) is 8.23. The van der Waals surface area contributed by atoms with E-state index in [4.69, 9.17) is 4.74 Å². The monoisotopic (exact) mass is 449 g/mol. The molecule has 2 aromatic heterocycles. The van der Waals surface area contributed by atoms with E-state index < -0.39 is 21.8 Å². The number of hydrogen-bond acceptors (Lipinski definition) is 6. The smallest absolute Gasteiger partial charge is 0.416 e. The van der Waals surface area contributed by atoms with E-state index in [2.05, 4.69) is 19.8 Å². The van der Waals surface area contributed by atoms with Crippen LogP contribution in [-0.4, -0.2) is 35.0 Å². The number of nitrogens with one attached hydrogen (secondary N) is 1. The van der Waals surface area contributed by atoms with Gasteiger partial charge in [-0.2, -0.15) is 13.2 Å². The first kappa shape index (κ1) is 20.8. The van der Waals surface area contributed by atoms with Crippen LogP contribution in [0, 0.1) is 0 Å². The van der Waals surface area contributed by atoms with Crippen molar-refractivity contribution < 1.29 is 26.3 Å². The second-order valence-corrected chi connectivity index (χ2v) is 8.19. The highest BCUT2D eigenvalue weighted by atomic mass is 32.2. The normalized spacial score (nSPS) is 12.3. The molecule has 1 N–H and O–H groups in total. The topological polar surface area (TPSA) is 98.5 Å². The van der Waals surface area contributed by atoms with Crippen molar-refractivity contribution in [2.24, 2.45) is 0 Å². The van der Waals surface area contributed by atoms with Gasteiger partial charge in [-0.05, 0) is 49.5 Å². The maximum Gasteiger partial charge on any atom is 0.416 e. The lowest BCUT2D eigenvalue weighted by Gasteiger charge is -2.12. The summed E-state index contributed by atoms with van der Waals surface area (Å²) < 4.78 is 72.3. The van der Waals surface area contributed by atoms with Crippen molar-refractivity contribution in [2.75, 3.05) is 7.05 Å². The molecule has 0 aliphatic rings. The Morgan fingerprint density at radius 3 is 2.48 bits per heavy atom. The molecule has 0 bridgehead atoms. The highest BCUT2D eigenvalue weighted by Gasteiger charge is 2.30. The molecule has 4 aromatic rings. The number of nitrogens with zero attached hydrogens (tertiary/aromatic N) is 4. The maximum atomic E-state index is 12.8. The summed E-state index contributed by atoms with van der Waals surface area (Å²) in [5, 5.41) is 4.30. The van der Waals surface area contributed by atoms with Crippen molar-refractivity contribution in [1.29, 1.82) is 0 Å². The minimum atomic E-state index is -4.47. The molecule has 0 aliphatic carbocycles. The van der Waals surface area contributed by atoms with Crippen LogP contribution in [0.25, 0.3) is 17.0 Å². The molecule has 0 atom stereocenters. The van der Waals surface area contributed by atoms with Gasteiger partial charge in [-0.1, -0.05) is 0 Å². The average Bonchev–Trinajstić information content (AvgIpc) is 3.18. The van der Waals surface area contributed by atoms with E-state index in [-0.39, 0.29) is 27.8 Å². The molecule has 0 radical (unpaired) electrons. The molecule has 31 heavy (non-hydrogen) atoms. The maximum absolute atomic E-state index is 12.8. The molecule has 0 amide bonds. The van der Waals surface area contributed by atoms with E-state index in [0.29, 0.717) is 5.65 Å². The number of fused-ring (bicyclic) bond motifs is 1. The molecular weight excluding hydrogens is 435 g/mol. The van der Waals surface area contributed by atoms with Crippen LogP contribution in [0.1, 0.15) is 5.56 Å². The van der Waals surface area contributed by atoms with Gasteiger partial charge in [0.2, 0.25) is 10.0 Å². The third kappa shape index (κ3) is 4.20. The second-order valence-electron chi connectivity index (χ2n) is 6.30. The summed E-state index contributed by atoms with van der Waals surface area (Å²) in [5.74, 6) is 0.450. The molecule has 8 nitrogen and oxygen atoms in total. The van der Waals surface area contributed by atoms with E-state index in [0.717, 1.165) is 12.1 Å². The van der Waals surface area contributed by atoms with Gasteiger partial charge in [0.1, 0.15) is 11.5 Å². The summed E-state index contributed by atoms with van der Waals surface area (Å²) in [6, 6.07) is 8.16. The predicted molar refractivity (Wildman–Crippen MR) is 104 cm³/mol. The summed E-state index contributed by atoms with van der Waals surface area (Å²) in [6.07, 6.45) is 0.0752. The van der Waals surface area contributed by atoms with Gasteiger partial charge in [0.15, 0.2) is 11.5 Å². The highest BCUT2D eigenvalue weighted by molar-refractivity contribution is 7.89. The Labute approximate surface area is 174 Å². The lowest BCUT2D eigenvalue weighted by atomic mass is 10.2. The molecule has 4 rings (SSSR count). The Kier molecular flexibility index (Phi) is 5.11. The Hall–Kier alpha value is -3.51. The van der Waals surface area contributed by atoms with Gasteiger partial charge >= 0.3 is 6.18 Å². The molecule has 12 heteroatoms. The SMILES string of the molecule is CNS(=O)(=O)c1ccc(Oc2ccc(C(F)(F)F)cc2)c(-c2nc3cnccn3n2)c1. The minimum absolute atomic E-state index is 0.0539. The Morgan fingerprint density at radius 1 is 1.10 bits per heavy atom. The van der Waals surface area contributed by atoms with Crippen molar-refractivity contribution in [3.05, 3.63) is 66.6 Å². The molecule has 0 saturated heterocycles. The summed E-state index contributed by atoms with van der Waals surface area (Å²) in [6.45, 7) is 0. The fraction of sp³-hybridized carbons (Fsp3) is 0.105. The van der Waals surface area contributed by atoms with Crippen LogP contribution >= 0.6 is 0 Å². The van der Waals surface area contributed by atoms with Gasteiger partial charge < -0.3 is 4.74 Å². The van der Waals surface area contributed by atoms with Crippen molar-refractivity contribution in [3.8, 4) is 22.9 Å². The molecule has 2 heterocycles. The fourth-order valence-corrected chi connectivity index (χ4v) is 3.51. The third-order valence-electron chi connectivity index (χ3n) is 4.32. The largest absolute Gasteiger partial charge is 0.457 e. The summed E-state index contributed by atoms with van der Waals surface area (Å²) in [7, 11) is -2.50. The molecule has 0 fully saturated rings. The lowest BCUT2D eigenvalue weighted by Crippen LogP contribution is -2.18. The fourth-order valence-electron chi connectivity index (χ4n) is 2.76. The number of sulfonamides is 1. The van der Waals surface area contributed by atoms with E-state index in [1.807, 2.05) is 0 Å². The number of hydrogen-bond donors (Lipinski definition) is 1. The standard InChI is InChI=1S/C19H14F3N5O3S/c1-23-31(28,29)14-6-7-16(30-13-4-2-12(3-5-13)19(20,21)22)15(10-14)18-25-17-11-24-8-9-27(17)26-18/h2-11,23H,1H3. The number of benzene rings is 2. The Balaban J connectivity index is 1.80. The molecule has 2 aromatic carbocycles. The van der Waals surface area contributed by atoms with Crippen molar-refractivity contribution in [2.45, 2.75) is 11.1 Å². The van der Waals surface area contributed by atoms with E-state index in [1.165, 1.54) is 54.3 Å². The number of aromatic nitrogens is 4. The van der Waals surface area contributed by atoms with Gasteiger partial charge in [0.25, 0.3) is 0 Å². The number of halogens is 3. The molecule has 0 unspecified atom stereocenters. The van der Waals surface area contributed by atoms with Crippen LogP contribution in [0.15, 0.2) is 66.0 Å². The quantitative estimate of drug-likeness (QED) is 0.501. The van der Waals surface area contributed by atoms with Crippen LogP contribution in [0.2, 0.25) is 0 Å². The van der Waals surface area contributed by atoms with E-state index in [9.17, 15) is 21.6 Å². The van der Waals surface area contributed by atoms with E-state index in [1.54, 1.807) is 6.20 Å². The highest BCUT2D eigenvalue weighted by Crippen LogP contribution is 2.35. The number of ether oxygens (including phenoxy) is 1. The van der Waals surface area contributed by atoms with Crippen LogP contribution in [0.4, 0.5) is 13.2 Å². The number of rotatable bonds is 5. The van der Waals surface area contributed by atoms with Crippen molar-refractivity contribution in [1.82, 2.24) is 24.3 Å². The zero-order valence-corrected chi connectivity index (χ0v) is 16.6. The molecule has 0 saturated carbocycles. The molecular formula is C19H14F3N5O3S. The summed E-state index contributed by atoms with van der Waals surface area (Å²) >= 11 is 0. The van der Waals surface area contributed by atoms with Crippen molar-refractivity contribution in [3.63, 3.8) is 0 Å². The van der Waals surface area contributed by atoms with Gasteiger partial charge in [0, 0.05) is 12.4 Å². The van der Waals surface area contributed by atoms with Crippen LogP contribution < -0.4 is 9.46 Å². The van der Waals surface area contributed by atoms with Crippen LogP contribution in [-0.2, 0) is 16.2 Å². The van der Waals surface area contributed by atoms with Crippen molar-refractivity contribution >= 4 is 15.7 Å². The molecule has 160 valence electrons. The van der Waals surface area contributed by atoms with Gasteiger partial charge in [-0.25, -0.2) is 22.6 Å². The van der Waals surface area contributed by atoms with Gasteiger partial charge in [0.05, 0.1) is 22.2 Å². The van der Waals surface area contributed by atoms with Gasteiger partial charge in [-0.15, -0.1) is 5.10 Å². The minimum Gasteiger partial charge on any atom is -0.457 e. The second kappa shape index (κ2) is 7.63. The Morgan fingerprint density at radius 2 is 1.84 bits per heavy atom. The van der Waals surface area contributed by atoms with E-state index >= 15 is 0 Å². The average molecular weight is 449 g/mol. The Bertz CT molecular complexity index is 1320.